The molecule has 1 aromatic carbocycles. The molecule has 1 saturated carbocycles. The third-order valence-corrected chi connectivity index (χ3v) is 2.63. The van der Waals surface area contributed by atoms with E-state index in [4.69, 9.17) is 0 Å². The zero-order valence-electron chi connectivity index (χ0n) is 7.88. The van der Waals surface area contributed by atoms with E-state index in [9.17, 15) is 0 Å². The summed E-state index contributed by atoms with van der Waals surface area (Å²) in [5.41, 5.74) is 3.04. The molecule has 0 aromatic heterocycles. The van der Waals surface area contributed by atoms with E-state index in [0.717, 1.165) is 5.92 Å². The topological polar surface area (TPSA) is 0 Å². The van der Waals surface area contributed by atoms with Crippen LogP contribution in [0.25, 0.3) is 0 Å². The molecule has 1 aliphatic rings. The molecule has 0 radical (unpaired) electrons. The number of rotatable bonds is 2. The third kappa shape index (κ3) is 1.52. The van der Waals surface area contributed by atoms with Crippen molar-refractivity contribution < 1.29 is 0 Å². The average molecular weight is 160 g/mol. The molecule has 2 rings (SSSR count). The molecule has 1 aliphatic carbocycles. The minimum Gasteiger partial charge on any atom is -0.0617 e. The molecule has 0 nitrogen and oxygen atoms in total. The first-order valence-corrected chi connectivity index (χ1v) is 4.87. The lowest BCUT2D eigenvalue weighted by Gasteiger charge is -2.06. The molecule has 1 aromatic rings. The van der Waals surface area contributed by atoms with Gasteiger partial charge >= 0.3 is 0 Å². The van der Waals surface area contributed by atoms with Gasteiger partial charge in [0.15, 0.2) is 0 Å². The lowest BCUT2D eigenvalue weighted by Crippen LogP contribution is -1.88. The van der Waals surface area contributed by atoms with E-state index in [1.54, 1.807) is 5.56 Å². The summed E-state index contributed by atoms with van der Waals surface area (Å²) in [6.45, 7) is 4.51. The predicted molar refractivity (Wildman–Crippen MR) is 52.5 cm³/mol. The van der Waals surface area contributed by atoms with E-state index in [2.05, 4.69) is 38.1 Å². The lowest BCUT2D eigenvalue weighted by atomic mass is 9.99. The maximum absolute atomic E-state index is 2.38. The van der Waals surface area contributed by atoms with Gasteiger partial charge in [0.2, 0.25) is 0 Å². The maximum Gasteiger partial charge on any atom is -0.0161 e. The number of hydrogen-bond acceptors (Lipinski definition) is 0. The lowest BCUT2D eigenvalue weighted by molar-refractivity contribution is 0.862. The predicted octanol–water partition coefficient (Wildman–Crippen LogP) is 3.69. The molecular weight excluding hydrogens is 144 g/mol. The van der Waals surface area contributed by atoms with Crippen LogP contribution in [0.5, 0.6) is 0 Å². The highest BCUT2D eigenvalue weighted by molar-refractivity contribution is 5.30. The zero-order valence-corrected chi connectivity index (χ0v) is 7.88. The van der Waals surface area contributed by atoms with Gasteiger partial charge in [-0.3, -0.25) is 0 Å². The van der Waals surface area contributed by atoms with Gasteiger partial charge in [-0.1, -0.05) is 38.1 Å². The molecule has 0 heterocycles. The summed E-state index contributed by atoms with van der Waals surface area (Å²) < 4.78 is 0. The van der Waals surface area contributed by atoms with E-state index in [1.165, 1.54) is 18.4 Å². The molecule has 0 bridgehead atoms. The minimum absolute atomic E-state index is 0.670. The van der Waals surface area contributed by atoms with Gasteiger partial charge < -0.3 is 0 Å². The van der Waals surface area contributed by atoms with E-state index in [1.807, 2.05) is 0 Å². The third-order valence-electron chi connectivity index (χ3n) is 2.63. The summed E-state index contributed by atoms with van der Waals surface area (Å²) in [6, 6.07) is 9.07. The first kappa shape index (κ1) is 7.85. The zero-order chi connectivity index (χ0) is 8.55. The average Bonchev–Trinajstić information content (AvgIpc) is 2.87. The Kier molecular flexibility index (Phi) is 1.92. The second kappa shape index (κ2) is 2.93. The van der Waals surface area contributed by atoms with Crippen LogP contribution < -0.4 is 0 Å². The highest BCUT2D eigenvalue weighted by Crippen LogP contribution is 2.40. The van der Waals surface area contributed by atoms with Gasteiger partial charge in [-0.25, -0.2) is 0 Å². The monoisotopic (exact) mass is 160 g/mol. The molecule has 0 N–H and O–H groups in total. The highest BCUT2D eigenvalue weighted by atomic mass is 14.3. The van der Waals surface area contributed by atoms with Crippen molar-refractivity contribution in [1.29, 1.82) is 0 Å². The Morgan fingerprint density at radius 1 is 1.25 bits per heavy atom. The van der Waals surface area contributed by atoms with Crippen LogP contribution in [0.3, 0.4) is 0 Å². The Morgan fingerprint density at radius 3 is 2.58 bits per heavy atom. The Hall–Kier alpha value is -0.780. The van der Waals surface area contributed by atoms with Crippen molar-refractivity contribution in [1.82, 2.24) is 0 Å². The van der Waals surface area contributed by atoms with Crippen molar-refractivity contribution in [3.63, 3.8) is 0 Å². The summed E-state index contributed by atoms with van der Waals surface area (Å²) in [5.74, 6) is 1.56. The van der Waals surface area contributed by atoms with Crippen molar-refractivity contribution in [2.75, 3.05) is 0 Å². The van der Waals surface area contributed by atoms with Crippen molar-refractivity contribution in [3.05, 3.63) is 35.4 Å². The van der Waals surface area contributed by atoms with Gasteiger partial charge in [0.05, 0.1) is 0 Å². The van der Waals surface area contributed by atoms with Crippen molar-refractivity contribution in [2.24, 2.45) is 0 Å². The fourth-order valence-corrected chi connectivity index (χ4v) is 1.59. The molecule has 0 unspecified atom stereocenters. The van der Waals surface area contributed by atoms with Crippen molar-refractivity contribution in [2.45, 2.75) is 38.5 Å². The molecule has 0 heteroatoms. The second-order valence-electron chi connectivity index (χ2n) is 4.10. The maximum atomic E-state index is 2.38. The molecule has 12 heavy (non-hydrogen) atoms. The minimum atomic E-state index is 0.670. The Morgan fingerprint density at radius 2 is 2.00 bits per heavy atom. The standard InChI is InChI=1S/C12H16/c1-9(2)11-4-3-5-12(8-11)10-6-7-10/h3-5,8-10H,6-7H2,1-2H3. The van der Waals surface area contributed by atoms with Gasteiger partial charge in [-0.05, 0) is 35.8 Å². The molecule has 0 atom stereocenters. The van der Waals surface area contributed by atoms with Crippen molar-refractivity contribution >= 4 is 0 Å². The summed E-state index contributed by atoms with van der Waals surface area (Å²) in [7, 11) is 0. The van der Waals surface area contributed by atoms with Gasteiger partial charge in [-0.15, -0.1) is 0 Å². The highest BCUT2D eigenvalue weighted by Gasteiger charge is 2.23. The molecular formula is C12H16. The quantitative estimate of drug-likeness (QED) is 0.619. The van der Waals surface area contributed by atoms with Crippen LogP contribution >= 0.6 is 0 Å². The molecule has 0 spiro atoms. The van der Waals surface area contributed by atoms with E-state index in [-0.39, 0.29) is 0 Å². The summed E-state index contributed by atoms with van der Waals surface area (Å²) in [5, 5.41) is 0. The normalized spacial score (nSPS) is 16.9. The first-order valence-electron chi connectivity index (χ1n) is 4.87. The molecule has 0 saturated heterocycles. The summed E-state index contributed by atoms with van der Waals surface area (Å²) in [4.78, 5) is 0. The SMILES string of the molecule is CC(C)c1cccc(C2CC2)c1. The van der Waals surface area contributed by atoms with Crippen LogP contribution in [0.2, 0.25) is 0 Å². The van der Waals surface area contributed by atoms with Gasteiger partial charge in [-0.2, -0.15) is 0 Å². The van der Waals surface area contributed by atoms with E-state index < -0.39 is 0 Å². The fourth-order valence-electron chi connectivity index (χ4n) is 1.59. The smallest absolute Gasteiger partial charge is 0.0161 e. The van der Waals surface area contributed by atoms with Crippen LogP contribution in [0.1, 0.15) is 49.7 Å². The summed E-state index contributed by atoms with van der Waals surface area (Å²) in [6.07, 6.45) is 2.81. The largest absolute Gasteiger partial charge is 0.0617 e. The Bertz CT molecular complexity index is 252. The first-order chi connectivity index (χ1) is 5.77. The summed E-state index contributed by atoms with van der Waals surface area (Å²) >= 11 is 0. The van der Waals surface area contributed by atoms with Crippen LogP contribution in [0.15, 0.2) is 24.3 Å². The number of benzene rings is 1. The van der Waals surface area contributed by atoms with Crippen LogP contribution in [0.4, 0.5) is 0 Å². The fraction of sp³-hybridized carbons (Fsp3) is 0.500. The molecule has 1 fully saturated rings. The van der Waals surface area contributed by atoms with Gasteiger partial charge in [0, 0.05) is 0 Å². The van der Waals surface area contributed by atoms with Crippen molar-refractivity contribution in [3.8, 4) is 0 Å². The molecule has 0 amide bonds. The second-order valence-corrected chi connectivity index (χ2v) is 4.10. The van der Waals surface area contributed by atoms with Crippen LogP contribution in [-0.2, 0) is 0 Å². The van der Waals surface area contributed by atoms with Crippen LogP contribution in [0, 0.1) is 0 Å². The van der Waals surface area contributed by atoms with Gasteiger partial charge in [0.1, 0.15) is 0 Å². The Labute approximate surface area is 74.6 Å². The van der Waals surface area contributed by atoms with Gasteiger partial charge in [0.25, 0.3) is 0 Å². The molecule has 64 valence electrons. The van der Waals surface area contributed by atoms with Crippen LogP contribution in [-0.4, -0.2) is 0 Å². The molecule has 0 aliphatic heterocycles. The van der Waals surface area contributed by atoms with E-state index >= 15 is 0 Å². The Balaban J connectivity index is 2.26. The number of hydrogen-bond donors (Lipinski definition) is 0. The van der Waals surface area contributed by atoms with E-state index in [0.29, 0.717) is 5.92 Å².